The molecule has 0 saturated heterocycles. The fourth-order valence-electron chi connectivity index (χ4n) is 2.62. The largest absolute Gasteiger partial charge is 0.482 e. The number of carbonyl (C=O) groups excluding carboxylic acids is 1. The topological polar surface area (TPSA) is 101 Å². The Kier molecular flexibility index (Phi) is 7.18. The molecule has 0 atom stereocenters. The van der Waals surface area contributed by atoms with Gasteiger partial charge in [-0.25, -0.2) is 14.8 Å². The van der Waals surface area contributed by atoms with Gasteiger partial charge in [0.15, 0.2) is 11.8 Å². The van der Waals surface area contributed by atoms with Gasteiger partial charge < -0.3 is 15.2 Å². The Hall–Kier alpha value is -2.61. The number of nitrogens with one attached hydrogen (secondary N) is 1. The molecule has 0 radical (unpaired) electrons. The van der Waals surface area contributed by atoms with Gasteiger partial charge in [0, 0.05) is 23.5 Å². The molecule has 0 unspecified atom stereocenters. The van der Waals surface area contributed by atoms with Gasteiger partial charge in [0.2, 0.25) is 5.91 Å². The number of aliphatic carboxylic acids is 1. The Morgan fingerprint density at radius 3 is 2.41 bits per heavy atom. The number of aryl methyl sites for hydroxylation is 3. The minimum Gasteiger partial charge on any atom is -0.482 e. The molecular weight excluding hydrogens is 366 g/mol. The number of hydrogen-bond donors (Lipinski definition) is 2. The molecule has 2 rings (SSSR count). The number of amides is 1. The molecule has 0 bridgehead atoms. The molecule has 0 saturated carbocycles. The smallest absolute Gasteiger partial charge is 0.341 e. The number of carboxylic acid groups (broad SMARTS) is 1. The van der Waals surface area contributed by atoms with Gasteiger partial charge in [-0.1, -0.05) is 11.8 Å². The number of hydrogen-bond acceptors (Lipinski definition) is 6. The summed E-state index contributed by atoms with van der Waals surface area (Å²) in [6.07, 6.45) is 2.82. The van der Waals surface area contributed by atoms with Crippen LogP contribution in [0.4, 0.5) is 5.69 Å². The van der Waals surface area contributed by atoms with Crippen LogP contribution < -0.4 is 10.1 Å². The maximum Gasteiger partial charge on any atom is 0.341 e. The van der Waals surface area contributed by atoms with Crippen LogP contribution >= 0.6 is 11.8 Å². The average molecular weight is 389 g/mol. The van der Waals surface area contributed by atoms with Crippen LogP contribution in [0.5, 0.6) is 5.75 Å². The molecule has 1 aromatic heterocycles. The Morgan fingerprint density at radius 1 is 1.19 bits per heavy atom. The van der Waals surface area contributed by atoms with Crippen molar-refractivity contribution in [1.82, 2.24) is 9.97 Å². The number of carboxylic acids is 1. The van der Waals surface area contributed by atoms with Gasteiger partial charge in [-0.05, 0) is 62.8 Å². The monoisotopic (exact) mass is 389 g/mol. The van der Waals surface area contributed by atoms with Crippen LogP contribution in [0.15, 0.2) is 23.4 Å². The molecule has 0 fully saturated rings. The third-order valence-corrected chi connectivity index (χ3v) is 4.57. The van der Waals surface area contributed by atoms with E-state index >= 15 is 0 Å². The zero-order valence-electron chi connectivity index (χ0n) is 15.8. The van der Waals surface area contributed by atoms with Crippen LogP contribution in [0.2, 0.25) is 0 Å². The maximum atomic E-state index is 12.3. The van der Waals surface area contributed by atoms with Crippen molar-refractivity contribution >= 4 is 29.3 Å². The third-order valence-electron chi connectivity index (χ3n) is 4.02. The Morgan fingerprint density at radius 2 is 1.85 bits per heavy atom. The van der Waals surface area contributed by atoms with E-state index in [2.05, 4.69) is 15.3 Å². The second-order valence-corrected chi connectivity index (χ2v) is 6.84. The second kappa shape index (κ2) is 9.36. The van der Waals surface area contributed by atoms with E-state index in [0.29, 0.717) is 24.3 Å². The summed E-state index contributed by atoms with van der Waals surface area (Å²) in [5, 5.41) is 12.3. The van der Waals surface area contributed by atoms with Gasteiger partial charge in [0.25, 0.3) is 0 Å². The van der Waals surface area contributed by atoms with E-state index in [1.165, 1.54) is 11.8 Å². The summed E-state index contributed by atoms with van der Waals surface area (Å²) in [5.74, 6) is -0.694. The van der Waals surface area contributed by atoms with Crippen molar-refractivity contribution in [3.63, 3.8) is 0 Å². The summed E-state index contributed by atoms with van der Waals surface area (Å²) in [6.45, 7) is 5.29. The highest BCUT2D eigenvalue weighted by Crippen LogP contribution is 2.22. The average Bonchev–Trinajstić information content (AvgIpc) is 2.61. The van der Waals surface area contributed by atoms with Crippen LogP contribution in [-0.2, 0) is 16.0 Å². The first kappa shape index (κ1) is 20.7. The lowest BCUT2D eigenvalue weighted by atomic mass is 10.1. The first-order chi connectivity index (χ1) is 12.8. The molecule has 0 spiro atoms. The zero-order valence-corrected chi connectivity index (χ0v) is 16.6. The molecule has 0 aliphatic carbocycles. The SMILES string of the molecule is CSc1nc(C)c(CCC(=O)Nc2ccc(OCC(=O)O)cc2C)c(C)n1. The number of ether oxygens (including phenoxy) is 1. The van der Waals surface area contributed by atoms with E-state index < -0.39 is 12.6 Å². The Labute approximate surface area is 162 Å². The second-order valence-electron chi connectivity index (χ2n) is 6.07. The first-order valence-electron chi connectivity index (χ1n) is 8.43. The normalized spacial score (nSPS) is 10.5. The highest BCUT2D eigenvalue weighted by atomic mass is 32.2. The predicted molar refractivity (Wildman–Crippen MR) is 105 cm³/mol. The number of carbonyl (C=O) groups is 2. The van der Waals surface area contributed by atoms with Gasteiger partial charge in [-0.3, -0.25) is 4.79 Å². The van der Waals surface area contributed by atoms with E-state index in [-0.39, 0.29) is 5.91 Å². The van der Waals surface area contributed by atoms with Gasteiger partial charge in [-0.2, -0.15) is 0 Å². The van der Waals surface area contributed by atoms with Gasteiger partial charge in [0.05, 0.1) is 0 Å². The molecule has 8 heteroatoms. The summed E-state index contributed by atoms with van der Waals surface area (Å²) < 4.78 is 5.13. The molecule has 1 heterocycles. The third kappa shape index (κ3) is 5.96. The maximum absolute atomic E-state index is 12.3. The number of benzene rings is 1. The molecule has 1 aromatic carbocycles. The fourth-order valence-corrected chi connectivity index (χ4v) is 3.08. The Bertz CT molecular complexity index is 832. The molecular formula is C19H23N3O4S. The van der Waals surface area contributed by atoms with Crippen molar-refractivity contribution < 1.29 is 19.4 Å². The van der Waals surface area contributed by atoms with Crippen LogP contribution in [-0.4, -0.2) is 39.8 Å². The zero-order chi connectivity index (χ0) is 20.0. The molecule has 2 N–H and O–H groups in total. The molecule has 0 aliphatic heterocycles. The minimum absolute atomic E-state index is 0.106. The van der Waals surface area contributed by atoms with Crippen molar-refractivity contribution in [3.8, 4) is 5.75 Å². The summed E-state index contributed by atoms with van der Waals surface area (Å²) in [6, 6.07) is 5.04. The van der Waals surface area contributed by atoms with Crippen molar-refractivity contribution in [1.29, 1.82) is 0 Å². The lowest BCUT2D eigenvalue weighted by Crippen LogP contribution is -2.15. The minimum atomic E-state index is -1.04. The van der Waals surface area contributed by atoms with Crippen molar-refractivity contribution in [2.45, 2.75) is 38.8 Å². The lowest BCUT2D eigenvalue weighted by molar-refractivity contribution is -0.139. The standard InChI is InChI=1S/C19H23N3O4S/c1-11-9-14(26-10-18(24)25)5-7-16(11)22-17(23)8-6-15-12(2)20-19(27-4)21-13(15)3/h5,7,9H,6,8,10H2,1-4H3,(H,22,23)(H,24,25). The molecule has 27 heavy (non-hydrogen) atoms. The van der Waals surface area contributed by atoms with E-state index in [9.17, 15) is 9.59 Å². The quantitative estimate of drug-likeness (QED) is 0.528. The predicted octanol–water partition coefficient (Wildman–Crippen LogP) is 3.16. The highest BCUT2D eigenvalue weighted by molar-refractivity contribution is 7.98. The van der Waals surface area contributed by atoms with Crippen LogP contribution in [0.1, 0.15) is 28.9 Å². The van der Waals surface area contributed by atoms with Gasteiger partial charge in [-0.15, -0.1) is 0 Å². The number of rotatable bonds is 8. The summed E-state index contributed by atoms with van der Waals surface area (Å²) in [7, 11) is 0. The highest BCUT2D eigenvalue weighted by Gasteiger charge is 2.12. The summed E-state index contributed by atoms with van der Waals surface area (Å²) >= 11 is 1.50. The summed E-state index contributed by atoms with van der Waals surface area (Å²) in [4.78, 5) is 31.7. The molecule has 144 valence electrons. The number of nitrogens with zero attached hydrogens (tertiary/aromatic N) is 2. The first-order valence-corrected chi connectivity index (χ1v) is 9.65. The van der Waals surface area contributed by atoms with Crippen LogP contribution in [0.25, 0.3) is 0 Å². The van der Waals surface area contributed by atoms with E-state index in [0.717, 1.165) is 27.7 Å². The molecule has 1 amide bonds. The number of anilines is 1. The molecule has 2 aromatic rings. The fraction of sp³-hybridized carbons (Fsp3) is 0.368. The van der Waals surface area contributed by atoms with Crippen molar-refractivity contribution in [2.24, 2.45) is 0 Å². The van der Waals surface area contributed by atoms with E-state index in [1.54, 1.807) is 18.2 Å². The summed E-state index contributed by atoms with van der Waals surface area (Å²) in [5.41, 5.74) is 4.26. The Balaban J connectivity index is 1.97. The van der Waals surface area contributed by atoms with Crippen molar-refractivity contribution in [3.05, 3.63) is 40.7 Å². The number of thioether (sulfide) groups is 1. The van der Waals surface area contributed by atoms with Crippen LogP contribution in [0.3, 0.4) is 0 Å². The molecule has 7 nitrogen and oxygen atoms in total. The van der Waals surface area contributed by atoms with Gasteiger partial charge >= 0.3 is 5.97 Å². The van der Waals surface area contributed by atoms with Gasteiger partial charge in [0.1, 0.15) is 5.75 Å². The van der Waals surface area contributed by atoms with Crippen molar-refractivity contribution in [2.75, 3.05) is 18.2 Å². The van der Waals surface area contributed by atoms with Crippen LogP contribution in [0, 0.1) is 20.8 Å². The lowest BCUT2D eigenvalue weighted by Gasteiger charge is -2.12. The van der Waals surface area contributed by atoms with E-state index in [4.69, 9.17) is 9.84 Å². The van der Waals surface area contributed by atoms with E-state index in [1.807, 2.05) is 27.0 Å². The number of aromatic nitrogens is 2. The molecule has 0 aliphatic rings.